The smallest absolute Gasteiger partial charge is 0.310 e. The molecule has 27 heavy (non-hydrogen) atoms. The van der Waals surface area contributed by atoms with Crippen molar-refractivity contribution in [2.45, 2.75) is 39.2 Å². The summed E-state index contributed by atoms with van der Waals surface area (Å²) in [6, 6.07) is 12.7. The van der Waals surface area contributed by atoms with Gasteiger partial charge in [0.15, 0.2) is 5.75 Å². The first-order chi connectivity index (χ1) is 12.8. The van der Waals surface area contributed by atoms with E-state index in [9.17, 15) is 14.7 Å². The Bertz CT molecular complexity index is 853. The summed E-state index contributed by atoms with van der Waals surface area (Å²) in [6.45, 7) is 3.73. The second-order valence-corrected chi connectivity index (χ2v) is 7.62. The van der Waals surface area contributed by atoms with Crippen molar-refractivity contribution in [2.24, 2.45) is 5.41 Å². The van der Waals surface area contributed by atoms with Crippen molar-refractivity contribution in [3.05, 3.63) is 58.6 Å². The molecule has 2 N–H and O–H groups in total. The van der Waals surface area contributed by atoms with Gasteiger partial charge in [0.05, 0.1) is 22.2 Å². The Morgan fingerprint density at radius 2 is 1.78 bits per heavy atom. The SMILES string of the molecule is CC(C)Oc1c(Cl)cccc1NC(=O)CC1(C(=O)O)Cc2ccccc2C1. The Balaban J connectivity index is 1.80. The molecule has 6 heteroatoms. The number of halogens is 1. The average Bonchev–Trinajstić information content (AvgIpc) is 2.97. The molecule has 0 aromatic heterocycles. The first-order valence-corrected chi connectivity index (χ1v) is 9.24. The normalized spacial score (nSPS) is 14.7. The standard InChI is InChI=1S/C21H22ClNO4/c1-13(2)27-19-16(22)8-5-9-17(19)23-18(24)12-21(20(25)26)10-14-6-3-4-7-15(14)11-21/h3-9,13H,10-12H2,1-2H3,(H,23,24)(H,25,26). The molecule has 1 aliphatic carbocycles. The lowest BCUT2D eigenvalue weighted by molar-refractivity contribution is -0.150. The van der Waals surface area contributed by atoms with E-state index < -0.39 is 11.4 Å². The molecule has 0 spiro atoms. The summed E-state index contributed by atoms with van der Waals surface area (Å²) >= 11 is 6.20. The van der Waals surface area contributed by atoms with Crippen LogP contribution >= 0.6 is 11.6 Å². The lowest BCUT2D eigenvalue weighted by atomic mass is 9.81. The molecule has 2 aromatic rings. The molecule has 5 nitrogen and oxygen atoms in total. The molecule has 1 aliphatic rings. The summed E-state index contributed by atoms with van der Waals surface area (Å²) < 4.78 is 5.71. The molecule has 142 valence electrons. The molecule has 3 rings (SSSR count). The van der Waals surface area contributed by atoms with Gasteiger partial charge in [0, 0.05) is 6.42 Å². The van der Waals surface area contributed by atoms with Crippen LogP contribution in [-0.2, 0) is 22.4 Å². The van der Waals surface area contributed by atoms with Gasteiger partial charge < -0.3 is 15.2 Å². The number of carboxylic acids is 1. The fraction of sp³-hybridized carbons (Fsp3) is 0.333. The fourth-order valence-corrected chi connectivity index (χ4v) is 3.73. The van der Waals surface area contributed by atoms with Crippen LogP contribution in [0.1, 0.15) is 31.4 Å². The van der Waals surface area contributed by atoms with Gasteiger partial charge in [-0.2, -0.15) is 0 Å². The van der Waals surface area contributed by atoms with Gasteiger partial charge in [0.1, 0.15) is 0 Å². The topological polar surface area (TPSA) is 75.6 Å². The fourth-order valence-electron chi connectivity index (χ4n) is 3.51. The molecule has 0 saturated heterocycles. The van der Waals surface area contributed by atoms with Crippen LogP contribution in [0.2, 0.25) is 5.02 Å². The minimum absolute atomic E-state index is 0.116. The lowest BCUT2D eigenvalue weighted by Gasteiger charge is -2.24. The second-order valence-electron chi connectivity index (χ2n) is 7.22. The largest absolute Gasteiger partial charge is 0.487 e. The van der Waals surface area contributed by atoms with Gasteiger partial charge in [-0.3, -0.25) is 9.59 Å². The summed E-state index contributed by atoms with van der Waals surface area (Å²) in [4.78, 5) is 24.7. The Labute approximate surface area is 163 Å². The van der Waals surface area contributed by atoms with Crippen LogP contribution in [0, 0.1) is 5.41 Å². The molecule has 2 aromatic carbocycles. The third kappa shape index (κ3) is 4.08. The lowest BCUT2D eigenvalue weighted by Crippen LogP contribution is -2.36. The van der Waals surface area contributed by atoms with Gasteiger partial charge in [-0.25, -0.2) is 0 Å². The van der Waals surface area contributed by atoms with E-state index in [-0.39, 0.29) is 18.4 Å². The summed E-state index contributed by atoms with van der Waals surface area (Å²) in [5.41, 5.74) is 1.28. The summed E-state index contributed by atoms with van der Waals surface area (Å²) in [7, 11) is 0. The number of ether oxygens (including phenoxy) is 1. The summed E-state index contributed by atoms with van der Waals surface area (Å²) in [6.07, 6.45) is 0.452. The van der Waals surface area contributed by atoms with E-state index in [4.69, 9.17) is 16.3 Å². The quantitative estimate of drug-likeness (QED) is 0.773. The number of rotatable bonds is 6. The predicted molar refractivity (Wildman–Crippen MR) is 104 cm³/mol. The number of carbonyl (C=O) groups excluding carboxylic acids is 1. The molecular formula is C21H22ClNO4. The van der Waals surface area contributed by atoms with E-state index >= 15 is 0 Å². The molecular weight excluding hydrogens is 366 g/mol. The van der Waals surface area contributed by atoms with Gasteiger partial charge in [-0.15, -0.1) is 0 Å². The van der Waals surface area contributed by atoms with Crippen molar-refractivity contribution in [3.63, 3.8) is 0 Å². The second kappa shape index (κ2) is 7.61. The summed E-state index contributed by atoms with van der Waals surface area (Å²) in [5.74, 6) is -0.943. The van der Waals surface area contributed by atoms with Crippen LogP contribution in [0.5, 0.6) is 5.75 Å². The zero-order valence-corrected chi connectivity index (χ0v) is 16.0. The van der Waals surface area contributed by atoms with Crippen LogP contribution in [0.4, 0.5) is 5.69 Å². The summed E-state index contributed by atoms with van der Waals surface area (Å²) in [5, 5.41) is 13.0. The van der Waals surface area contributed by atoms with Crippen molar-refractivity contribution in [1.82, 2.24) is 0 Å². The number of benzene rings is 2. The van der Waals surface area contributed by atoms with E-state index in [1.165, 1.54) is 0 Å². The highest BCUT2D eigenvalue weighted by molar-refractivity contribution is 6.32. The van der Waals surface area contributed by atoms with Crippen LogP contribution in [0.25, 0.3) is 0 Å². The van der Waals surface area contributed by atoms with E-state index in [0.29, 0.717) is 29.3 Å². The number of hydrogen-bond donors (Lipinski definition) is 2. The van der Waals surface area contributed by atoms with Crippen molar-refractivity contribution in [3.8, 4) is 5.75 Å². The number of carbonyl (C=O) groups is 2. The number of hydrogen-bond acceptors (Lipinski definition) is 3. The molecule has 0 atom stereocenters. The molecule has 0 bridgehead atoms. The van der Waals surface area contributed by atoms with Gasteiger partial charge in [0.2, 0.25) is 5.91 Å². The minimum Gasteiger partial charge on any atom is -0.487 e. The van der Waals surface area contributed by atoms with Gasteiger partial charge in [-0.05, 0) is 49.9 Å². The van der Waals surface area contributed by atoms with Crippen LogP contribution in [0.3, 0.4) is 0 Å². The predicted octanol–water partition coefficient (Wildman–Crippen LogP) is 4.33. The maximum atomic E-state index is 12.7. The highest BCUT2D eigenvalue weighted by atomic mass is 35.5. The van der Waals surface area contributed by atoms with Gasteiger partial charge in [0.25, 0.3) is 0 Å². The maximum absolute atomic E-state index is 12.7. The monoisotopic (exact) mass is 387 g/mol. The van der Waals surface area contributed by atoms with Gasteiger partial charge >= 0.3 is 5.97 Å². The average molecular weight is 388 g/mol. The molecule has 1 amide bonds. The number of amides is 1. The number of nitrogens with one attached hydrogen (secondary N) is 1. The third-order valence-corrected chi connectivity index (χ3v) is 5.02. The minimum atomic E-state index is -1.13. The molecule has 0 aliphatic heterocycles. The highest BCUT2D eigenvalue weighted by Gasteiger charge is 2.45. The number of fused-ring (bicyclic) bond motifs is 1. The Hall–Kier alpha value is -2.53. The molecule has 0 unspecified atom stereocenters. The highest BCUT2D eigenvalue weighted by Crippen LogP contribution is 2.41. The molecule has 0 fully saturated rings. The molecule has 0 saturated carbocycles. The van der Waals surface area contributed by atoms with E-state index in [0.717, 1.165) is 11.1 Å². The Kier molecular flexibility index (Phi) is 5.42. The van der Waals surface area contributed by atoms with E-state index in [1.54, 1.807) is 18.2 Å². The first-order valence-electron chi connectivity index (χ1n) is 8.86. The van der Waals surface area contributed by atoms with Crippen molar-refractivity contribution in [2.75, 3.05) is 5.32 Å². The van der Waals surface area contributed by atoms with Crippen LogP contribution in [0.15, 0.2) is 42.5 Å². The maximum Gasteiger partial charge on any atom is 0.310 e. The number of carboxylic acid groups (broad SMARTS) is 1. The van der Waals surface area contributed by atoms with E-state index in [1.807, 2.05) is 38.1 Å². The van der Waals surface area contributed by atoms with Crippen LogP contribution in [-0.4, -0.2) is 23.1 Å². The zero-order valence-electron chi connectivity index (χ0n) is 15.3. The van der Waals surface area contributed by atoms with Crippen molar-refractivity contribution in [1.29, 1.82) is 0 Å². The van der Waals surface area contributed by atoms with Crippen molar-refractivity contribution < 1.29 is 19.4 Å². The molecule has 0 radical (unpaired) electrons. The number of aliphatic carboxylic acids is 1. The number of anilines is 1. The Morgan fingerprint density at radius 3 is 2.33 bits per heavy atom. The Morgan fingerprint density at radius 1 is 1.15 bits per heavy atom. The number of para-hydroxylation sites is 1. The van der Waals surface area contributed by atoms with Crippen LogP contribution < -0.4 is 10.1 Å². The first kappa shape index (κ1) is 19.2. The third-order valence-electron chi connectivity index (χ3n) is 4.72. The van der Waals surface area contributed by atoms with Crippen molar-refractivity contribution >= 4 is 29.2 Å². The van der Waals surface area contributed by atoms with E-state index in [2.05, 4.69) is 5.32 Å². The van der Waals surface area contributed by atoms with Gasteiger partial charge in [-0.1, -0.05) is 41.9 Å². The zero-order chi connectivity index (χ0) is 19.6. The molecule has 0 heterocycles.